The molecular formula is C21H20N2O4. The Kier molecular flexibility index (Phi) is 4.18. The first-order valence-electron chi connectivity index (χ1n) is 8.92. The number of hydrogen-bond donors (Lipinski definition) is 0. The van der Waals surface area contributed by atoms with Crippen molar-refractivity contribution in [3.63, 3.8) is 0 Å². The smallest absolute Gasteiger partial charge is 0.333 e. The van der Waals surface area contributed by atoms with Gasteiger partial charge in [-0.3, -0.25) is 9.88 Å². The number of aromatic nitrogens is 1. The van der Waals surface area contributed by atoms with Crippen molar-refractivity contribution < 1.29 is 19.1 Å². The predicted molar refractivity (Wildman–Crippen MR) is 98.4 cm³/mol. The Morgan fingerprint density at radius 3 is 2.52 bits per heavy atom. The summed E-state index contributed by atoms with van der Waals surface area (Å²) in [5, 5.41) is 0. The van der Waals surface area contributed by atoms with Crippen LogP contribution in [0, 0.1) is 5.92 Å². The van der Waals surface area contributed by atoms with Gasteiger partial charge in [0.2, 0.25) is 12.0 Å². The zero-order valence-electron chi connectivity index (χ0n) is 15.2. The number of fused-ring (bicyclic) bond motifs is 5. The van der Waals surface area contributed by atoms with Crippen molar-refractivity contribution in [2.45, 2.75) is 32.2 Å². The molecule has 4 rings (SSSR count). The van der Waals surface area contributed by atoms with Gasteiger partial charge in [-0.15, -0.1) is 0 Å². The van der Waals surface area contributed by atoms with E-state index >= 15 is 0 Å². The zero-order chi connectivity index (χ0) is 19.0. The molecule has 0 saturated heterocycles. The second-order valence-corrected chi connectivity index (χ2v) is 7.09. The summed E-state index contributed by atoms with van der Waals surface area (Å²) in [6, 6.07) is 11.3. The largest absolute Gasteiger partial charge is 0.434 e. The molecule has 2 aliphatic rings. The summed E-state index contributed by atoms with van der Waals surface area (Å²) in [6.45, 7) is 4.13. The van der Waals surface area contributed by atoms with E-state index in [1.165, 1.54) is 0 Å². The zero-order valence-corrected chi connectivity index (χ0v) is 15.2. The highest BCUT2D eigenvalue weighted by Crippen LogP contribution is 2.53. The number of nitrogens with zero attached hydrogens (tertiary/aromatic N) is 2. The first-order chi connectivity index (χ1) is 13.0. The van der Waals surface area contributed by atoms with E-state index in [0.29, 0.717) is 6.42 Å². The first kappa shape index (κ1) is 17.3. The van der Waals surface area contributed by atoms with Crippen LogP contribution in [0.3, 0.4) is 0 Å². The monoisotopic (exact) mass is 364 g/mol. The summed E-state index contributed by atoms with van der Waals surface area (Å²) in [5.41, 5.74) is 1.32. The Balaban J connectivity index is 2.00. The molecule has 6 heteroatoms. The fourth-order valence-corrected chi connectivity index (χ4v) is 3.88. The summed E-state index contributed by atoms with van der Waals surface area (Å²) in [6.07, 6.45) is 5.40. The number of ether oxygens (including phenoxy) is 2. The number of hydrogen-bond acceptors (Lipinski definition) is 6. The topological polar surface area (TPSA) is 68.7 Å². The molecule has 2 aromatic rings. The van der Waals surface area contributed by atoms with Gasteiger partial charge in [0.1, 0.15) is 0 Å². The molecule has 0 N–H and O–H groups in total. The molecule has 2 unspecified atom stereocenters. The van der Waals surface area contributed by atoms with Gasteiger partial charge in [-0.1, -0.05) is 38.1 Å². The number of benzene rings is 1. The molecule has 0 saturated carbocycles. The van der Waals surface area contributed by atoms with E-state index in [9.17, 15) is 9.59 Å². The van der Waals surface area contributed by atoms with E-state index in [1.54, 1.807) is 12.4 Å². The molecular weight excluding hydrogens is 344 g/mol. The number of esters is 2. The molecule has 1 aromatic heterocycles. The van der Waals surface area contributed by atoms with Gasteiger partial charge in [0.25, 0.3) is 0 Å². The average Bonchev–Trinajstić information content (AvgIpc) is 2.92. The van der Waals surface area contributed by atoms with Gasteiger partial charge in [0.05, 0.1) is 0 Å². The minimum atomic E-state index is -1.08. The summed E-state index contributed by atoms with van der Waals surface area (Å²) in [7, 11) is 0. The lowest BCUT2D eigenvalue weighted by Gasteiger charge is -2.42. The Bertz CT molecular complexity index is 909. The third kappa shape index (κ3) is 2.87. The third-order valence-electron chi connectivity index (χ3n) is 4.75. The van der Waals surface area contributed by atoms with E-state index in [0.717, 1.165) is 29.0 Å². The van der Waals surface area contributed by atoms with Gasteiger partial charge in [0, 0.05) is 47.8 Å². The molecule has 6 nitrogen and oxygen atoms in total. The minimum absolute atomic E-state index is 0.217. The summed E-state index contributed by atoms with van der Waals surface area (Å²) in [4.78, 5) is 30.8. The van der Waals surface area contributed by atoms with Gasteiger partial charge < -0.3 is 9.47 Å². The Hall–Kier alpha value is -3.15. The Morgan fingerprint density at radius 2 is 1.78 bits per heavy atom. The molecule has 2 atom stereocenters. The predicted octanol–water partition coefficient (Wildman–Crippen LogP) is 3.46. The van der Waals surface area contributed by atoms with Gasteiger partial charge in [-0.25, -0.2) is 9.59 Å². The summed E-state index contributed by atoms with van der Waals surface area (Å²) in [5.74, 6) is -0.952. The highest BCUT2D eigenvalue weighted by atomic mass is 16.6. The molecule has 2 aliphatic heterocycles. The molecule has 2 bridgehead atoms. The number of anilines is 1. The maximum absolute atomic E-state index is 12.5. The van der Waals surface area contributed by atoms with Gasteiger partial charge in [-0.05, 0) is 18.1 Å². The normalized spacial score (nSPS) is 25.1. The molecule has 3 heterocycles. The molecule has 27 heavy (non-hydrogen) atoms. The molecule has 0 radical (unpaired) electrons. The molecule has 0 spiro atoms. The Morgan fingerprint density at radius 1 is 1.07 bits per heavy atom. The van der Waals surface area contributed by atoms with E-state index < -0.39 is 23.9 Å². The minimum Gasteiger partial charge on any atom is -0.434 e. The second-order valence-electron chi connectivity index (χ2n) is 7.09. The van der Waals surface area contributed by atoms with Crippen LogP contribution >= 0.6 is 0 Å². The van der Waals surface area contributed by atoms with Crippen LogP contribution in [-0.4, -0.2) is 16.9 Å². The molecule has 0 fully saturated rings. The van der Waals surface area contributed by atoms with E-state index in [-0.39, 0.29) is 5.92 Å². The fraction of sp³-hybridized carbons (Fsp3) is 0.286. The van der Waals surface area contributed by atoms with Crippen molar-refractivity contribution in [2.24, 2.45) is 5.92 Å². The average molecular weight is 364 g/mol. The van der Waals surface area contributed by atoms with Gasteiger partial charge in [0.15, 0.2) is 0 Å². The second kappa shape index (κ2) is 6.54. The number of carbonyl (C=O) groups is 2. The maximum atomic E-state index is 12.5. The van der Waals surface area contributed by atoms with Gasteiger partial charge in [-0.2, -0.15) is 0 Å². The molecule has 1 aromatic carbocycles. The van der Waals surface area contributed by atoms with Crippen molar-refractivity contribution in [1.29, 1.82) is 0 Å². The summed E-state index contributed by atoms with van der Waals surface area (Å²) >= 11 is 0. The van der Waals surface area contributed by atoms with Crippen LogP contribution in [-0.2, 0) is 24.8 Å². The maximum Gasteiger partial charge on any atom is 0.333 e. The van der Waals surface area contributed by atoms with Gasteiger partial charge >= 0.3 is 11.9 Å². The van der Waals surface area contributed by atoms with Crippen LogP contribution in [0.1, 0.15) is 37.6 Å². The highest BCUT2D eigenvalue weighted by Gasteiger charge is 2.55. The number of carbonyl (C=O) groups excluding carboxylic acids is 2. The quantitative estimate of drug-likeness (QED) is 0.777. The van der Waals surface area contributed by atoms with E-state index in [4.69, 9.17) is 9.47 Å². The molecule has 138 valence electrons. The lowest BCUT2D eigenvalue weighted by Crippen LogP contribution is -2.47. The molecule has 0 amide bonds. The highest BCUT2D eigenvalue weighted by molar-refractivity contribution is 5.93. The van der Waals surface area contributed by atoms with Crippen molar-refractivity contribution in [3.05, 3.63) is 72.1 Å². The fourth-order valence-electron chi connectivity index (χ4n) is 3.88. The van der Waals surface area contributed by atoms with Crippen molar-refractivity contribution in [1.82, 2.24) is 4.98 Å². The summed E-state index contributed by atoms with van der Waals surface area (Å²) < 4.78 is 11.8. The van der Waals surface area contributed by atoms with Crippen LogP contribution in [0.5, 0.6) is 0 Å². The lowest BCUT2D eigenvalue weighted by atomic mass is 9.92. The molecule has 0 aliphatic carbocycles. The van der Waals surface area contributed by atoms with Crippen molar-refractivity contribution >= 4 is 17.6 Å². The standard InChI is InChI=1S/C21H20N2O4/c1-14(2)13-21-17-6-4-3-5-16(17)20(23(21)15-9-11-22-12-10-15)26-18(24)7-8-19(25)27-21/h3-12,14,20H,13H2,1-2H3/b8-7-. The van der Waals surface area contributed by atoms with Crippen molar-refractivity contribution in [2.75, 3.05) is 4.90 Å². The number of pyridine rings is 1. The first-order valence-corrected chi connectivity index (χ1v) is 8.92. The van der Waals surface area contributed by atoms with Crippen LogP contribution in [0.25, 0.3) is 0 Å². The van der Waals surface area contributed by atoms with E-state index in [1.807, 2.05) is 41.3 Å². The Labute approximate surface area is 157 Å². The lowest BCUT2D eigenvalue weighted by molar-refractivity contribution is -0.159. The SMILES string of the molecule is CC(C)CC12OC(=O)/C=C\C(=O)OC(c3ccccc31)N2c1ccncc1. The number of rotatable bonds is 3. The third-order valence-corrected chi connectivity index (χ3v) is 4.75. The van der Waals surface area contributed by atoms with Crippen LogP contribution in [0.4, 0.5) is 5.69 Å². The van der Waals surface area contributed by atoms with Crippen LogP contribution in [0.2, 0.25) is 0 Å². The van der Waals surface area contributed by atoms with Crippen LogP contribution < -0.4 is 4.90 Å². The van der Waals surface area contributed by atoms with Crippen molar-refractivity contribution in [3.8, 4) is 0 Å². The van der Waals surface area contributed by atoms with E-state index in [2.05, 4.69) is 18.8 Å². The van der Waals surface area contributed by atoms with Crippen LogP contribution in [0.15, 0.2) is 60.9 Å².